The van der Waals surface area contributed by atoms with Gasteiger partial charge in [-0.05, 0) is 62.8 Å². The highest BCUT2D eigenvalue weighted by atomic mass is 16.7. The van der Waals surface area contributed by atoms with Crippen molar-refractivity contribution in [2.45, 2.75) is 57.3 Å². The lowest BCUT2D eigenvalue weighted by Gasteiger charge is -2.37. The number of carbonyl (C=O) groups excluding carboxylic acids is 1. The Morgan fingerprint density at radius 3 is 2.61 bits per heavy atom. The Labute approximate surface area is 166 Å². The summed E-state index contributed by atoms with van der Waals surface area (Å²) < 4.78 is 17.1. The van der Waals surface area contributed by atoms with Crippen LogP contribution in [0.3, 0.4) is 0 Å². The molecule has 1 heterocycles. The van der Waals surface area contributed by atoms with Crippen LogP contribution in [-0.4, -0.2) is 43.7 Å². The van der Waals surface area contributed by atoms with E-state index in [1.54, 1.807) is 7.11 Å². The van der Waals surface area contributed by atoms with Crippen LogP contribution in [0.5, 0.6) is 5.75 Å². The van der Waals surface area contributed by atoms with Gasteiger partial charge in [-0.3, -0.25) is 4.79 Å². The lowest BCUT2D eigenvalue weighted by atomic mass is 9.80. The number of rotatable bonds is 9. The van der Waals surface area contributed by atoms with Gasteiger partial charge in [-0.15, -0.1) is 0 Å². The van der Waals surface area contributed by atoms with Crippen LogP contribution in [0, 0.1) is 5.92 Å². The minimum atomic E-state index is -0.518. The molecule has 1 fully saturated rings. The summed E-state index contributed by atoms with van der Waals surface area (Å²) in [6, 6.07) is 8.12. The lowest BCUT2D eigenvalue weighted by molar-refractivity contribution is -0.167. The van der Waals surface area contributed by atoms with Crippen LogP contribution in [0.4, 0.5) is 0 Å². The molecule has 6 heteroatoms. The molecule has 1 saturated carbocycles. The molecule has 28 heavy (non-hydrogen) atoms. The fourth-order valence-corrected chi connectivity index (χ4v) is 3.78. The number of nitrogens with one attached hydrogen (secondary N) is 1. The first-order chi connectivity index (χ1) is 13.7. The van der Waals surface area contributed by atoms with Crippen LogP contribution in [0.25, 0.3) is 0 Å². The van der Waals surface area contributed by atoms with E-state index in [1.807, 2.05) is 37.3 Å². The maximum absolute atomic E-state index is 12.7. The Hall–Kier alpha value is -2.05. The maximum atomic E-state index is 12.7. The highest BCUT2D eigenvalue weighted by Crippen LogP contribution is 2.40. The first-order valence-electron chi connectivity index (χ1n) is 10.2. The fourth-order valence-electron chi connectivity index (χ4n) is 3.78. The summed E-state index contributed by atoms with van der Waals surface area (Å²) in [5.41, 5.74) is 1.07. The second kappa shape index (κ2) is 9.94. The van der Waals surface area contributed by atoms with E-state index in [4.69, 9.17) is 14.2 Å². The van der Waals surface area contributed by atoms with Crippen LogP contribution < -0.4 is 10.1 Å². The van der Waals surface area contributed by atoms with Gasteiger partial charge in [0.05, 0.1) is 7.11 Å². The molecule has 0 radical (unpaired) electrons. The van der Waals surface area contributed by atoms with Gasteiger partial charge in [0.25, 0.3) is 5.91 Å². The standard InChI is InChI=1S/C22H31NO5/c1-3-27-22-18(8-5-13-24)19(15-9-11-17(26-2)12-10-15)14-20(28-22)21(25)23-16-6-4-7-16/h9-12,14,16,18-19,22,24H,3-8,13H2,1-2H3,(H,23,25)/t18-,19+,22+/m1/s1. The fraction of sp³-hybridized carbons (Fsp3) is 0.591. The molecule has 0 unspecified atom stereocenters. The van der Waals surface area contributed by atoms with Crippen molar-refractivity contribution in [3.63, 3.8) is 0 Å². The van der Waals surface area contributed by atoms with E-state index in [0.717, 1.165) is 37.0 Å². The molecular formula is C22H31NO5. The molecule has 1 aromatic carbocycles. The highest BCUT2D eigenvalue weighted by Gasteiger charge is 2.38. The molecule has 2 N–H and O–H groups in total. The number of amides is 1. The second-order valence-electron chi connectivity index (χ2n) is 7.40. The van der Waals surface area contributed by atoms with Crippen LogP contribution >= 0.6 is 0 Å². The molecule has 3 rings (SSSR count). The summed E-state index contributed by atoms with van der Waals surface area (Å²) in [6.45, 7) is 2.53. The predicted molar refractivity (Wildman–Crippen MR) is 106 cm³/mol. The Morgan fingerprint density at radius 2 is 2.04 bits per heavy atom. The van der Waals surface area contributed by atoms with Gasteiger partial charge < -0.3 is 24.6 Å². The molecule has 3 atom stereocenters. The van der Waals surface area contributed by atoms with Crippen molar-refractivity contribution in [3.05, 3.63) is 41.7 Å². The van der Waals surface area contributed by atoms with E-state index in [2.05, 4.69) is 5.32 Å². The van der Waals surface area contributed by atoms with Crippen molar-refractivity contribution < 1.29 is 24.1 Å². The van der Waals surface area contributed by atoms with Gasteiger partial charge in [0.15, 0.2) is 5.76 Å². The molecule has 1 aliphatic carbocycles. The third-order valence-electron chi connectivity index (χ3n) is 5.58. The van der Waals surface area contributed by atoms with Crippen molar-refractivity contribution in [1.82, 2.24) is 5.32 Å². The molecule has 0 aromatic heterocycles. The summed E-state index contributed by atoms with van der Waals surface area (Å²) in [5.74, 6) is 0.918. The van der Waals surface area contributed by atoms with E-state index < -0.39 is 6.29 Å². The van der Waals surface area contributed by atoms with Crippen molar-refractivity contribution in [2.75, 3.05) is 20.3 Å². The average molecular weight is 389 g/mol. The molecule has 0 spiro atoms. The van der Waals surface area contributed by atoms with Crippen LogP contribution in [0.2, 0.25) is 0 Å². The van der Waals surface area contributed by atoms with Gasteiger partial charge in [0.2, 0.25) is 6.29 Å². The molecular weight excluding hydrogens is 358 g/mol. The topological polar surface area (TPSA) is 77.0 Å². The number of methoxy groups -OCH3 is 1. The van der Waals surface area contributed by atoms with Gasteiger partial charge in [-0.1, -0.05) is 12.1 Å². The van der Waals surface area contributed by atoms with Gasteiger partial charge >= 0.3 is 0 Å². The first kappa shape index (κ1) is 20.7. The SMILES string of the molecule is CCO[C@H]1OC(C(=O)NC2CCC2)=C[C@@H](c2ccc(OC)cc2)[C@H]1CCCO. The molecule has 1 amide bonds. The van der Waals surface area contributed by atoms with Gasteiger partial charge in [-0.25, -0.2) is 0 Å². The number of allylic oxidation sites excluding steroid dienone is 1. The minimum absolute atomic E-state index is 0.0146. The largest absolute Gasteiger partial charge is 0.497 e. The van der Waals surface area contributed by atoms with E-state index in [0.29, 0.717) is 18.8 Å². The summed E-state index contributed by atoms with van der Waals surface area (Å²) in [6.07, 6.45) is 5.99. The Kier molecular flexibility index (Phi) is 7.34. The van der Waals surface area contributed by atoms with Crippen molar-refractivity contribution >= 4 is 5.91 Å². The van der Waals surface area contributed by atoms with Crippen molar-refractivity contribution in [1.29, 1.82) is 0 Å². The van der Waals surface area contributed by atoms with Crippen LogP contribution in [0.15, 0.2) is 36.1 Å². The van der Waals surface area contributed by atoms with E-state index in [9.17, 15) is 9.90 Å². The monoisotopic (exact) mass is 389 g/mol. The quantitative estimate of drug-likeness (QED) is 0.679. The third-order valence-corrected chi connectivity index (χ3v) is 5.58. The molecule has 0 saturated heterocycles. The number of aliphatic hydroxyl groups excluding tert-OH is 1. The van der Waals surface area contributed by atoms with Crippen molar-refractivity contribution in [3.8, 4) is 5.75 Å². The Balaban J connectivity index is 1.88. The molecule has 6 nitrogen and oxygen atoms in total. The highest BCUT2D eigenvalue weighted by molar-refractivity contribution is 5.92. The van der Waals surface area contributed by atoms with E-state index >= 15 is 0 Å². The molecule has 1 aromatic rings. The van der Waals surface area contributed by atoms with E-state index in [1.165, 1.54) is 0 Å². The predicted octanol–water partition coefficient (Wildman–Crippen LogP) is 3.11. The van der Waals surface area contributed by atoms with Gasteiger partial charge in [0.1, 0.15) is 5.75 Å². The zero-order valence-electron chi connectivity index (χ0n) is 16.7. The van der Waals surface area contributed by atoms with Gasteiger partial charge in [0, 0.05) is 31.1 Å². The third kappa shape index (κ3) is 4.86. The molecule has 1 aliphatic heterocycles. The minimum Gasteiger partial charge on any atom is -0.497 e. The second-order valence-corrected chi connectivity index (χ2v) is 7.40. The van der Waals surface area contributed by atoms with Crippen molar-refractivity contribution in [2.24, 2.45) is 5.92 Å². The number of hydrogen-bond acceptors (Lipinski definition) is 5. The lowest BCUT2D eigenvalue weighted by Crippen LogP contribution is -2.43. The average Bonchev–Trinajstić information content (AvgIpc) is 2.69. The summed E-state index contributed by atoms with van der Waals surface area (Å²) in [7, 11) is 1.64. The number of benzene rings is 1. The zero-order chi connectivity index (χ0) is 19.9. The maximum Gasteiger partial charge on any atom is 0.286 e. The van der Waals surface area contributed by atoms with E-state index in [-0.39, 0.29) is 30.4 Å². The van der Waals surface area contributed by atoms with Gasteiger partial charge in [-0.2, -0.15) is 0 Å². The zero-order valence-corrected chi connectivity index (χ0v) is 16.7. The number of aliphatic hydroxyl groups is 1. The number of hydrogen-bond donors (Lipinski definition) is 2. The summed E-state index contributed by atoms with van der Waals surface area (Å²) >= 11 is 0. The summed E-state index contributed by atoms with van der Waals surface area (Å²) in [5, 5.41) is 12.4. The molecule has 2 aliphatic rings. The molecule has 0 bridgehead atoms. The first-order valence-corrected chi connectivity index (χ1v) is 10.2. The Bertz CT molecular complexity index is 668. The number of carbonyl (C=O) groups is 1. The Morgan fingerprint density at radius 1 is 1.29 bits per heavy atom. The molecule has 154 valence electrons. The van der Waals surface area contributed by atoms with Crippen LogP contribution in [-0.2, 0) is 14.3 Å². The van der Waals surface area contributed by atoms with Crippen LogP contribution in [0.1, 0.15) is 50.5 Å². The smallest absolute Gasteiger partial charge is 0.286 e. The normalized spacial score (nSPS) is 24.7. The summed E-state index contributed by atoms with van der Waals surface area (Å²) in [4.78, 5) is 12.7. The number of ether oxygens (including phenoxy) is 3.